The highest BCUT2D eigenvalue weighted by molar-refractivity contribution is 6.12. The maximum Gasteiger partial charge on any atom is 0.203 e. The fraction of sp³-hybridized carbons (Fsp3) is 0.303. The van der Waals surface area contributed by atoms with Crippen molar-refractivity contribution in [2.24, 2.45) is 0 Å². The van der Waals surface area contributed by atoms with E-state index >= 15 is 0 Å². The van der Waals surface area contributed by atoms with Crippen LogP contribution in [0.5, 0.6) is 23.1 Å². The van der Waals surface area contributed by atoms with Gasteiger partial charge in [0, 0.05) is 49.3 Å². The zero-order valence-corrected chi connectivity index (χ0v) is 23.8. The average Bonchev–Trinajstić information content (AvgIpc) is 3.35. The van der Waals surface area contributed by atoms with E-state index < -0.39 is 0 Å². The molecular formula is C33H34FN3O5. The second-order valence-electron chi connectivity index (χ2n) is 10.4. The van der Waals surface area contributed by atoms with Gasteiger partial charge in [-0.3, -0.25) is 9.88 Å². The van der Waals surface area contributed by atoms with Gasteiger partial charge in [0.25, 0.3) is 0 Å². The van der Waals surface area contributed by atoms with Crippen LogP contribution < -0.4 is 14.2 Å². The lowest BCUT2D eigenvalue weighted by Gasteiger charge is -2.26. The Morgan fingerprint density at radius 1 is 0.881 bits per heavy atom. The smallest absolute Gasteiger partial charge is 0.203 e. The third kappa shape index (κ3) is 5.70. The van der Waals surface area contributed by atoms with Crippen molar-refractivity contribution in [2.45, 2.75) is 19.6 Å². The molecule has 1 aliphatic heterocycles. The Morgan fingerprint density at radius 3 is 2.33 bits per heavy atom. The van der Waals surface area contributed by atoms with Crippen LogP contribution in [0, 0.1) is 5.82 Å². The highest BCUT2D eigenvalue weighted by atomic mass is 19.1. The van der Waals surface area contributed by atoms with Crippen molar-refractivity contribution in [3.05, 3.63) is 89.5 Å². The number of methoxy groups -OCH3 is 2. The molecule has 0 unspecified atom stereocenters. The predicted molar refractivity (Wildman–Crippen MR) is 159 cm³/mol. The van der Waals surface area contributed by atoms with E-state index in [1.54, 1.807) is 32.5 Å². The van der Waals surface area contributed by atoms with Crippen molar-refractivity contribution in [1.82, 2.24) is 14.5 Å². The lowest BCUT2D eigenvalue weighted by molar-refractivity contribution is 0.0362. The molecule has 1 aliphatic rings. The van der Waals surface area contributed by atoms with Gasteiger partial charge in [-0.1, -0.05) is 24.3 Å². The minimum atomic E-state index is -0.268. The van der Waals surface area contributed by atoms with E-state index in [9.17, 15) is 9.50 Å². The first-order chi connectivity index (χ1) is 20.5. The number of ether oxygens (including phenoxy) is 4. The molecule has 3 heterocycles. The molecule has 0 aliphatic carbocycles. The Hall–Kier alpha value is -4.34. The zero-order valence-electron chi connectivity index (χ0n) is 23.8. The lowest BCUT2D eigenvalue weighted by atomic mass is 10.0. The summed E-state index contributed by atoms with van der Waals surface area (Å²) in [6.45, 7) is 4.82. The fourth-order valence-corrected chi connectivity index (χ4v) is 5.48. The van der Waals surface area contributed by atoms with E-state index in [0.29, 0.717) is 48.6 Å². The summed E-state index contributed by atoms with van der Waals surface area (Å²) >= 11 is 0. The molecule has 3 aromatic carbocycles. The number of halogens is 1. The summed E-state index contributed by atoms with van der Waals surface area (Å²) in [5, 5.41) is 13.6. The molecule has 6 rings (SSSR count). The molecule has 1 saturated heterocycles. The Bertz CT molecular complexity index is 1680. The molecule has 0 saturated carbocycles. The molecule has 5 aromatic rings. The molecule has 8 nitrogen and oxygen atoms in total. The van der Waals surface area contributed by atoms with Gasteiger partial charge in [0.2, 0.25) is 5.88 Å². The topological polar surface area (TPSA) is 78.2 Å². The highest BCUT2D eigenvalue weighted by Gasteiger charge is 2.24. The summed E-state index contributed by atoms with van der Waals surface area (Å²) < 4.78 is 38.5. The summed E-state index contributed by atoms with van der Waals surface area (Å²) in [5.74, 6) is 1.72. The average molecular weight is 572 g/mol. The molecule has 2 aromatic heterocycles. The van der Waals surface area contributed by atoms with Crippen LogP contribution in [0.4, 0.5) is 4.39 Å². The normalized spacial score (nSPS) is 14.0. The maximum atomic E-state index is 13.5. The first-order valence-corrected chi connectivity index (χ1v) is 14.0. The van der Waals surface area contributed by atoms with E-state index in [4.69, 9.17) is 23.9 Å². The van der Waals surface area contributed by atoms with Crippen LogP contribution in [0.2, 0.25) is 0 Å². The number of benzene rings is 3. The van der Waals surface area contributed by atoms with Crippen molar-refractivity contribution in [1.29, 1.82) is 0 Å². The van der Waals surface area contributed by atoms with Crippen molar-refractivity contribution in [3.63, 3.8) is 0 Å². The first-order valence-electron chi connectivity index (χ1n) is 14.0. The number of hydrogen-bond donors (Lipinski definition) is 1. The van der Waals surface area contributed by atoms with Crippen LogP contribution in [0.25, 0.3) is 21.7 Å². The van der Waals surface area contributed by atoms with Crippen LogP contribution in [-0.2, 0) is 24.3 Å². The molecule has 9 heteroatoms. The lowest BCUT2D eigenvalue weighted by Crippen LogP contribution is -2.38. The standard InChI is InChI=1S/C33H34FN3O5/c1-39-26-9-5-23(6-10-26)21-42-32-29-28(20-37(33(29)38)12-11-36-13-15-41-16-14-36)31(40-2)27-18-24(19-35-30(27)32)17-22-3-7-25(34)8-4-22/h3-10,18-20,38H,11-17,21H2,1-2H3. The first kappa shape index (κ1) is 27.8. The summed E-state index contributed by atoms with van der Waals surface area (Å²) in [5.41, 5.74) is 3.47. The second kappa shape index (κ2) is 12.3. The van der Waals surface area contributed by atoms with Gasteiger partial charge >= 0.3 is 0 Å². The minimum absolute atomic E-state index is 0.111. The maximum absolute atomic E-state index is 13.5. The monoisotopic (exact) mass is 571 g/mol. The van der Waals surface area contributed by atoms with Crippen molar-refractivity contribution in [2.75, 3.05) is 47.1 Å². The minimum Gasteiger partial charge on any atom is -0.497 e. The van der Waals surface area contributed by atoms with Gasteiger partial charge in [-0.2, -0.15) is 0 Å². The van der Waals surface area contributed by atoms with E-state index in [-0.39, 0.29) is 18.3 Å². The zero-order chi connectivity index (χ0) is 29.1. The number of hydrogen-bond acceptors (Lipinski definition) is 7. The highest BCUT2D eigenvalue weighted by Crippen LogP contribution is 2.47. The van der Waals surface area contributed by atoms with Crippen LogP contribution >= 0.6 is 0 Å². The van der Waals surface area contributed by atoms with Gasteiger partial charge in [0.05, 0.1) is 32.8 Å². The van der Waals surface area contributed by atoms with Gasteiger partial charge in [-0.05, 0) is 53.4 Å². The van der Waals surface area contributed by atoms with Gasteiger partial charge in [-0.15, -0.1) is 0 Å². The molecule has 218 valence electrons. The number of aromatic hydroxyl groups is 1. The van der Waals surface area contributed by atoms with Crippen molar-refractivity contribution >= 4 is 21.7 Å². The molecular weight excluding hydrogens is 537 g/mol. The Kier molecular flexibility index (Phi) is 8.12. The predicted octanol–water partition coefficient (Wildman–Crippen LogP) is 5.55. The number of pyridine rings is 1. The van der Waals surface area contributed by atoms with Crippen molar-refractivity contribution < 1.29 is 28.4 Å². The molecule has 0 spiro atoms. The van der Waals surface area contributed by atoms with Gasteiger partial charge in [-0.25, -0.2) is 4.39 Å². The molecule has 0 radical (unpaired) electrons. The number of morpholine rings is 1. The number of fused-ring (bicyclic) bond motifs is 2. The third-order valence-corrected chi connectivity index (χ3v) is 7.75. The molecule has 0 bridgehead atoms. The van der Waals surface area contributed by atoms with Gasteiger partial charge in [0.15, 0.2) is 5.75 Å². The van der Waals surface area contributed by atoms with E-state index in [0.717, 1.165) is 52.8 Å². The Balaban J connectivity index is 1.42. The van der Waals surface area contributed by atoms with E-state index in [1.165, 1.54) is 12.1 Å². The van der Waals surface area contributed by atoms with Crippen LogP contribution in [0.1, 0.15) is 16.7 Å². The molecule has 1 N–H and O–H groups in total. The molecule has 42 heavy (non-hydrogen) atoms. The number of rotatable bonds is 10. The van der Waals surface area contributed by atoms with Crippen LogP contribution in [0.3, 0.4) is 0 Å². The number of aromatic nitrogens is 2. The van der Waals surface area contributed by atoms with Crippen LogP contribution in [0.15, 0.2) is 67.0 Å². The van der Waals surface area contributed by atoms with E-state index in [2.05, 4.69) is 4.90 Å². The SMILES string of the molecule is COc1ccc(COc2c3ncc(Cc4ccc(F)cc4)cc3c(OC)c3cn(CCN4CCOCC4)c(O)c23)cc1. The summed E-state index contributed by atoms with van der Waals surface area (Å²) in [6.07, 6.45) is 4.30. The Labute approximate surface area is 243 Å². The third-order valence-electron chi connectivity index (χ3n) is 7.75. The van der Waals surface area contributed by atoms with Gasteiger partial charge < -0.3 is 28.6 Å². The summed E-state index contributed by atoms with van der Waals surface area (Å²) in [4.78, 5) is 7.15. The van der Waals surface area contributed by atoms with Gasteiger partial charge in [0.1, 0.15) is 29.4 Å². The van der Waals surface area contributed by atoms with Crippen LogP contribution in [-0.4, -0.2) is 66.6 Å². The quantitative estimate of drug-likeness (QED) is 0.235. The fourth-order valence-electron chi connectivity index (χ4n) is 5.48. The summed E-state index contributed by atoms with van der Waals surface area (Å²) in [6, 6.07) is 16.2. The Morgan fingerprint density at radius 2 is 1.62 bits per heavy atom. The summed E-state index contributed by atoms with van der Waals surface area (Å²) in [7, 11) is 3.26. The van der Waals surface area contributed by atoms with E-state index in [1.807, 2.05) is 41.1 Å². The number of nitrogens with zero attached hydrogens (tertiary/aromatic N) is 3. The molecule has 0 atom stereocenters. The molecule has 1 fully saturated rings. The van der Waals surface area contributed by atoms with Crippen molar-refractivity contribution in [3.8, 4) is 23.1 Å². The largest absolute Gasteiger partial charge is 0.497 e. The second-order valence-corrected chi connectivity index (χ2v) is 10.4. The molecule has 0 amide bonds.